The Labute approximate surface area is 203 Å². The number of nitrogens with zero attached hydrogens (tertiary/aromatic N) is 4. The average Bonchev–Trinajstić information content (AvgIpc) is 3.06. The van der Waals surface area contributed by atoms with Gasteiger partial charge in [0.05, 0.1) is 17.4 Å². The van der Waals surface area contributed by atoms with E-state index in [-0.39, 0.29) is 35.0 Å². The van der Waals surface area contributed by atoms with Crippen molar-refractivity contribution in [3.05, 3.63) is 31.9 Å². The SMILES string of the molecule is CCOC(=O)C1CCN(c2c(C=C3SC(=S)N(C(C)C)C3=O)c(C)c(C#N)c(=O)n2C)CC1. The number of thioether (sulfide) groups is 1. The van der Waals surface area contributed by atoms with Crippen molar-refractivity contribution in [3.63, 3.8) is 0 Å². The van der Waals surface area contributed by atoms with Gasteiger partial charge in [-0.25, -0.2) is 0 Å². The van der Waals surface area contributed by atoms with Gasteiger partial charge in [0.1, 0.15) is 21.8 Å². The lowest BCUT2D eigenvalue weighted by atomic mass is 9.95. The van der Waals surface area contributed by atoms with Crippen molar-refractivity contribution >= 4 is 52.1 Å². The van der Waals surface area contributed by atoms with E-state index in [0.717, 1.165) is 0 Å². The van der Waals surface area contributed by atoms with Gasteiger partial charge in [0, 0.05) is 31.7 Å². The number of esters is 1. The van der Waals surface area contributed by atoms with Gasteiger partial charge < -0.3 is 9.64 Å². The topological polar surface area (TPSA) is 95.6 Å². The molecule has 10 heteroatoms. The Morgan fingerprint density at radius 1 is 1.33 bits per heavy atom. The molecule has 0 aromatic carbocycles. The molecule has 2 saturated heterocycles. The molecule has 0 unspecified atom stereocenters. The largest absolute Gasteiger partial charge is 0.466 e. The van der Waals surface area contributed by atoms with Crippen LogP contribution in [-0.2, 0) is 21.4 Å². The molecule has 0 aliphatic carbocycles. The van der Waals surface area contributed by atoms with Crippen molar-refractivity contribution in [2.24, 2.45) is 13.0 Å². The number of carbonyl (C=O) groups excluding carboxylic acids is 2. The summed E-state index contributed by atoms with van der Waals surface area (Å²) in [4.78, 5) is 42.1. The van der Waals surface area contributed by atoms with Crippen molar-refractivity contribution in [2.45, 2.75) is 46.6 Å². The molecule has 1 aromatic rings. The predicted octanol–water partition coefficient (Wildman–Crippen LogP) is 2.95. The van der Waals surface area contributed by atoms with E-state index in [2.05, 4.69) is 0 Å². The van der Waals surface area contributed by atoms with Gasteiger partial charge >= 0.3 is 5.97 Å². The van der Waals surface area contributed by atoms with E-state index >= 15 is 0 Å². The number of anilines is 1. The minimum Gasteiger partial charge on any atom is -0.466 e. The van der Waals surface area contributed by atoms with E-state index in [0.29, 0.717) is 58.7 Å². The number of ether oxygens (including phenoxy) is 1. The summed E-state index contributed by atoms with van der Waals surface area (Å²) >= 11 is 6.62. The lowest BCUT2D eigenvalue weighted by molar-refractivity contribution is -0.148. The van der Waals surface area contributed by atoms with Crippen LogP contribution in [0.15, 0.2) is 9.70 Å². The van der Waals surface area contributed by atoms with E-state index < -0.39 is 0 Å². The molecule has 2 fully saturated rings. The predicted molar refractivity (Wildman–Crippen MR) is 133 cm³/mol. The van der Waals surface area contributed by atoms with E-state index in [1.165, 1.54) is 16.3 Å². The maximum atomic E-state index is 13.0. The highest BCUT2D eigenvalue weighted by Gasteiger charge is 2.35. The summed E-state index contributed by atoms with van der Waals surface area (Å²) in [5.41, 5.74) is 0.836. The summed E-state index contributed by atoms with van der Waals surface area (Å²) in [7, 11) is 1.63. The third-order valence-electron chi connectivity index (χ3n) is 6.00. The quantitative estimate of drug-likeness (QED) is 0.355. The zero-order chi connectivity index (χ0) is 24.4. The summed E-state index contributed by atoms with van der Waals surface area (Å²) in [6.45, 7) is 8.77. The molecule has 0 N–H and O–H groups in total. The molecule has 0 atom stereocenters. The fourth-order valence-corrected chi connectivity index (χ4v) is 5.74. The second-order valence-corrected chi connectivity index (χ2v) is 10.0. The molecule has 0 spiro atoms. The molecule has 0 radical (unpaired) electrons. The van der Waals surface area contributed by atoms with Gasteiger partial charge in [0.15, 0.2) is 0 Å². The third kappa shape index (κ3) is 4.70. The number of nitriles is 1. The van der Waals surface area contributed by atoms with Crippen LogP contribution in [0.1, 0.15) is 50.3 Å². The molecule has 3 rings (SSSR count). The highest BCUT2D eigenvalue weighted by Crippen LogP contribution is 2.37. The van der Waals surface area contributed by atoms with Crippen LogP contribution in [0.25, 0.3) is 6.08 Å². The second-order valence-electron chi connectivity index (χ2n) is 8.37. The molecular formula is C23H28N4O4S2. The van der Waals surface area contributed by atoms with Crippen LogP contribution in [0, 0.1) is 24.2 Å². The first-order chi connectivity index (χ1) is 15.6. The minimum atomic E-state index is -0.385. The van der Waals surface area contributed by atoms with Crippen molar-refractivity contribution in [3.8, 4) is 6.07 Å². The zero-order valence-corrected chi connectivity index (χ0v) is 21.1. The minimum absolute atomic E-state index is 0.0493. The summed E-state index contributed by atoms with van der Waals surface area (Å²) in [6.07, 6.45) is 2.94. The summed E-state index contributed by atoms with van der Waals surface area (Å²) in [6, 6.07) is 1.94. The highest BCUT2D eigenvalue weighted by molar-refractivity contribution is 8.26. The number of rotatable bonds is 5. The molecule has 33 heavy (non-hydrogen) atoms. The first-order valence-electron chi connectivity index (χ1n) is 10.9. The van der Waals surface area contributed by atoms with E-state index in [4.69, 9.17) is 17.0 Å². The van der Waals surface area contributed by atoms with Gasteiger partial charge in [-0.15, -0.1) is 0 Å². The van der Waals surface area contributed by atoms with Crippen LogP contribution in [0.4, 0.5) is 5.82 Å². The number of pyridine rings is 1. The van der Waals surface area contributed by atoms with Gasteiger partial charge in [0.2, 0.25) is 0 Å². The Balaban J connectivity index is 2.07. The molecule has 3 heterocycles. The van der Waals surface area contributed by atoms with Crippen molar-refractivity contribution in [1.82, 2.24) is 9.47 Å². The third-order valence-corrected chi connectivity index (χ3v) is 7.33. The highest BCUT2D eigenvalue weighted by atomic mass is 32.2. The molecule has 1 amide bonds. The van der Waals surface area contributed by atoms with Gasteiger partial charge in [-0.05, 0) is 52.2 Å². The molecule has 2 aliphatic rings. The first-order valence-corrected chi connectivity index (χ1v) is 12.2. The Bertz CT molecular complexity index is 1120. The monoisotopic (exact) mass is 488 g/mol. The van der Waals surface area contributed by atoms with Gasteiger partial charge in [-0.3, -0.25) is 23.9 Å². The summed E-state index contributed by atoms with van der Waals surface area (Å²) in [5.74, 6) is 0.0791. The van der Waals surface area contributed by atoms with E-state index in [9.17, 15) is 19.6 Å². The first kappa shape index (κ1) is 25.0. The van der Waals surface area contributed by atoms with E-state index in [1.54, 1.807) is 31.9 Å². The number of piperidine rings is 1. The standard InChI is InChI=1S/C23H28N4O4S2/c1-6-31-22(30)15-7-9-26(10-8-15)19-16(14(4)17(12-24)20(28)25(19)5)11-18-21(29)27(13(2)3)23(32)33-18/h11,13,15H,6-10H2,1-5H3. The molecule has 0 saturated carbocycles. The Kier molecular flexibility index (Phi) is 7.65. The summed E-state index contributed by atoms with van der Waals surface area (Å²) < 4.78 is 7.11. The average molecular weight is 489 g/mol. The van der Waals surface area contributed by atoms with Crippen LogP contribution >= 0.6 is 24.0 Å². The molecule has 1 aromatic heterocycles. The molecule has 176 valence electrons. The van der Waals surface area contributed by atoms with Crippen LogP contribution < -0.4 is 10.5 Å². The number of thiocarbonyl (C=S) groups is 1. The fourth-order valence-electron chi connectivity index (χ4n) is 4.24. The van der Waals surface area contributed by atoms with Crippen LogP contribution in [0.5, 0.6) is 0 Å². The summed E-state index contributed by atoms with van der Waals surface area (Å²) in [5, 5.41) is 9.62. The van der Waals surface area contributed by atoms with Crippen LogP contribution in [0.2, 0.25) is 0 Å². The number of carbonyl (C=O) groups is 2. The smallest absolute Gasteiger partial charge is 0.309 e. The van der Waals surface area contributed by atoms with Crippen LogP contribution in [-0.4, -0.2) is 51.4 Å². The zero-order valence-electron chi connectivity index (χ0n) is 19.5. The Morgan fingerprint density at radius 2 is 1.97 bits per heavy atom. The van der Waals surface area contributed by atoms with Gasteiger partial charge in [-0.2, -0.15) is 5.26 Å². The number of hydrogen-bond acceptors (Lipinski definition) is 8. The number of amides is 1. The Hall–Kier alpha value is -2.64. The van der Waals surface area contributed by atoms with Crippen LogP contribution in [0.3, 0.4) is 0 Å². The van der Waals surface area contributed by atoms with Crippen molar-refractivity contribution < 1.29 is 14.3 Å². The lowest BCUT2D eigenvalue weighted by Gasteiger charge is -2.35. The maximum absolute atomic E-state index is 13.0. The molecule has 0 bridgehead atoms. The molecule has 8 nitrogen and oxygen atoms in total. The number of hydrogen-bond donors (Lipinski definition) is 0. The second kappa shape index (κ2) is 10.1. The molecule has 2 aliphatic heterocycles. The molecular weight excluding hydrogens is 460 g/mol. The number of aromatic nitrogens is 1. The van der Waals surface area contributed by atoms with E-state index in [1.807, 2.05) is 24.8 Å². The maximum Gasteiger partial charge on any atom is 0.309 e. The fraction of sp³-hybridized carbons (Fsp3) is 0.522. The van der Waals surface area contributed by atoms with Gasteiger partial charge in [-0.1, -0.05) is 24.0 Å². The van der Waals surface area contributed by atoms with Crippen molar-refractivity contribution in [2.75, 3.05) is 24.6 Å². The normalized spacial score (nSPS) is 18.4. The van der Waals surface area contributed by atoms with Crippen molar-refractivity contribution in [1.29, 1.82) is 5.26 Å². The van der Waals surface area contributed by atoms with Gasteiger partial charge in [0.25, 0.3) is 11.5 Å². The lowest BCUT2D eigenvalue weighted by Crippen LogP contribution is -2.40. The Morgan fingerprint density at radius 3 is 2.48 bits per heavy atom.